The van der Waals surface area contributed by atoms with Gasteiger partial charge in [0, 0.05) is 6.54 Å². The van der Waals surface area contributed by atoms with Crippen LogP contribution in [0.4, 0.5) is 15.0 Å². The van der Waals surface area contributed by atoms with E-state index in [1.54, 1.807) is 0 Å². The van der Waals surface area contributed by atoms with Crippen molar-refractivity contribution in [3.05, 3.63) is 28.2 Å². The molecule has 33 heavy (non-hydrogen) atoms. The minimum Gasteiger partial charge on any atom is -0.444 e. The molecule has 0 spiro atoms. The van der Waals surface area contributed by atoms with E-state index in [0.29, 0.717) is 27.5 Å². The van der Waals surface area contributed by atoms with Gasteiger partial charge >= 0.3 is 6.09 Å². The first-order valence-electron chi connectivity index (χ1n) is 10.8. The van der Waals surface area contributed by atoms with Crippen molar-refractivity contribution in [3.8, 4) is 0 Å². The number of halogens is 3. The van der Waals surface area contributed by atoms with Gasteiger partial charge in [0.1, 0.15) is 21.5 Å². The number of aromatic nitrogens is 3. The number of amides is 1. The number of fused-ring (bicyclic) bond motifs is 3. The number of nitrogens with zero attached hydrogens (tertiary/aromatic N) is 5. The van der Waals surface area contributed by atoms with Gasteiger partial charge in [-0.25, -0.2) is 24.1 Å². The second kappa shape index (κ2) is 9.19. The highest BCUT2D eigenvalue weighted by molar-refractivity contribution is 9.10. The highest BCUT2D eigenvalue weighted by atomic mass is 79.9. The largest absolute Gasteiger partial charge is 0.444 e. The van der Waals surface area contributed by atoms with Crippen molar-refractivity contribution in [1.29, 1.82) is 0 Å². The molecule has 2 aromatic rings. The number of thioether (sulfide) groups is 1. The third-order valence-corrected chi connectivity index (χ3v) is 7.31. The Hall–Kier alpha value is -1.65. The maximum atomic E-state index is 15.0. The Labute approximate surface area is 210 Å². The molecule has 0 aromatic carbocycles. The van der Waals surface area contributed by atoms with Crippen LogP contribution in [0.2, 0.25) is 5.15 Å². The summed E-state index contributed by atoms with van der Waals surface area (Å²) in [5, 5.41) is 0.661. The number of ether oxygens (including phenoxy) is 1. The van der Waals surface area contributed by atoms with E-state index in [2.05, 4.69) is 37.4 Å². The first kappa shape index (κ1) is 24.5. The van der Waals surface area contributed by atoms with E-state index in [1.807, 2.05) is 38.7 Å². The SMILES string of the molecule is C=C[C@@H]1[C@@H]2CC[C@H](CN1c1nc(SCC)nc3c(F)c(Cl)nc(Br)c13)N2C(=O)OC(C)(C)C. The lowest BCUT2D eigenvalue weighted by molar-refractivity contribution is 0.00954. The zero-order valence-electron chi connectivity index (χ0n) is 18.9. The molecule has 11 heteroatoms. The van der Waals surface area contributed by atoms with Crippen LogP contribution in [0.15, 0.2) is 22.4 Å². The lowest BCUT2D eigenvalue weighted by atomic mass is 10.0. The van der Waals surface area contributed by atoms with Crippen molar-refractivity contribution in [2.24, 2.45) is 0 Å². The predicted molar refractivity (Wildman–Crippen MR) is 133 cm³/mol. The van der Waals surface area contributed by atoms with Crippen molar-refractivity contribution in [3.63, 3.8) is 0 Å². The zero-order chi connectivity index (χ0) is 24.1. The van der Waals surface area contributed by atoms with Gasteiger partial charge in [0.2, 0.25) is 0 Å². The fourth-order valence-electron chi connectivity index (χ4n) is 4.56. The molecule has 0 unspecified atom stereocenters. The van der Waals surface area contributed by atoms with Crippen molar-refractivity contribution in [1.82, 2.24) is 19.9 Å². The Balaban J connectivity index is 1.82. The summed E-state index contributed by atoms with van der Waals surface area (Å²) in [6.45, 7) is 12.1. The van der Waals surface area contributed by atoms with Crippen LogP contribution < -0.4 is 4.90 Å². The number of anilines is 1. The van der Waals surface area contributed by atoms with Gasteiger partial charge in [0.15, 0.2) is 16.1 Å². The van der Waals surface area contributed by atoms with Crippen LogP contribution >= 0.6 is 39.3 Å². The third kappa shape index (κ3) is 4.53. The van der Waals surface area contributed by atoms with Gasteiger partial charge in [-0.1, -0.05) is 36.4 Å². The molecule has 0 aliphatic carbocycles. The number of carbonyl (C=O) groups is 1. The summed E-state index contributed by atoms with van der Waals surface area (Å²) in [7, 11) is 0. The fourth-order valence-corrected chi connectivity index (χ4v) is 5.95. The molecule has 2 saturated heterocycles. The minimum absolute atomic E-state index is 0.0581. The molecular weight excluding hydrogens is 533 g/mol. The fraction of sp³-hybridized carbons (Fsp3) is 0.545. The van der Waals surface area contributed by atoms with Crippen molar-refractivity contribution >= 4 is 62.1 Å². The maximum Gasteiger partial charge on any atom is 0.410 e. The van der Waals surface area contributed by atoms with Crippen LogP contribution in [-0.2, 0) is 4.74 Å². The molecule has 0 N–H and O–H groups in total. The van der Waals surface area contributed by atoms with E-state index in [0.717, 1.165) is 18.6 Å². The summed E-state index contributed by atoms with van der Waals surface area (Å²) in [6, 6.07) is -0.427. The van der Waals surface area contributed by atoms with E-state index in [-0.39, 0.29) is 34.9 Å². The van der Waals surface area contributed by atoms with Crippen LogP contribution in [0.25, 0.3) is 10.9 Å². The number of hydrogen-bond donors (Lipinski definition) is 0. The van der Waals surface area contributed by atoms with E-state index >= 15 is 0 Å². The molecule has 4 heterocycles. The summed E-state index contributed by atoms with van der Waals surface area (Å²) in [4.78, 5) is 30.2. The third-order valence-electron chi connectivity index (χ3n) is 5.76. The van der Waals surface area contributed by atoms with Gasteiger partial charge in [-0.15, -0.1) is 6.58 Å². The molecule has 2 aromatic heterocycles. The summed E-state index contributed by atoms with van der Waals surface area (Å²) in [5.74, 6) is 0.605. The smallest absolute Gasteiger partial charge is 0.410 e. The van der Waals surface area contributed by atoms with Gasteiger partial charge in [-0.05, 0) is 55.3 Å². The number of hydrogen-bond acceptors (Lipinski definition) is 7. The second-order valence-electron chi connectivity index (χ2n) is 9.06. The van der Waals surface area contributed by atoms with Gasteiger partial charge < -0.3 is 9.64 Å². The Morgan fingerprint density at radius 1 is 1.36 bits per heavy atom. The topological polar surface area (TPSA) is 71.5 Å². The highest BCUT2D eigenvalue weighted by Crippen LogP contribution is 2.42. The standard InChI is InChI=1S/C22H26BrClFN5O2S/c1-6-12-13-9-8-11(30(13)21(31)32-22(3,4)5)10-29(12)19-14-16(26-20(28-19)33-7-2)15(25)18(24)27-17(14)23/h6,11-13H,1,7-10H2,2-5H3/t11-,12-,13+/m1/s1. The molecule has 2 bridgehead atoms. The molecule has 0 saturated carbocycles. The van der Waals surface area contributed by atoms with Crippen molar-refractivity contribution < 1.29 is 13.9 Å². The predicted octanol–water partition coefficient (Wildman–Crippen LogP) is 5.83. The van der Waals surface area contributed by atoms with Crippen LogP contribution in [0.1, 0.15) is 40.5 Å². The first-order chi connectivity index (χ1) is 15.6. The Bertz CT molecular complexity index is 1110. The van der Waals surface area contributed by atoms with Crippen molar-refractivity contribution in [2.75, 3.05) is 17.2 Å². The van der Waals surface area contributed by atoms with Gasteiger partial charge in [-0.2, -0.15) is 0 Å². The van der Waals surface area contributed by atoms with Gasteiger partial charge in [0.25, 0.3) is 0 Å². The zero-order valence-corrected chi connectivity index (χ0v) is 22.1. The van der Waals surface area contributed by atoms with Gasteiger partial charge in [0.05, 0.1) is 23.5 Å². The maximum absolute atomic E-state index is 15.0. The molecule has 2 aliphatic heterocycles. The number of piperazine rings is 1. The Morgan fingerprint density at radius 3 is 2.73 bits per heavy atom. The monoisotopic (exact) mass is 557 g/mol. The summed E-state index contributed by atoms with van der Waals surface area (Å²) < 4.78 is 21.0. The van der Waals surface area contributed by atoms with Crippen LogP contribution in [0, 0.1) is 5.82 Å². The highest BCUT2D eigenvalue weighted by Gasteiger charge is 2.49. The molecule has 1 amide bonds. The lowest BCUT2D eigenvalue weighted by Crippen LogP contribution is -2.61. The molecule has 3 atom stereocenters. The van der Waals surface area contributed by atoms with Crippen molar-refractivity contribution in [2.45, 2.75) is 69.4 Å². The lowest BCUT2D eigenvalue weighted by Gasteiger charge is -2.46. The first-order valence-corrected chi connectivity index (χ1v) is 13.0. The molecule has 2 fully saturated rings. The molecular formula is C22H26BrClFN5O2S. The normalized spacial score (nSPS) is 22.7. The average molecular weight is 559 g/mol. The molecule has 2 aliphatic rings. The molecule has 7 nitrogen and oxygen atoms in total. The summed E-state index contributed by atoms with van der Waals surface area (Å²) in [5.41, 5.74) is -0.465. The summed E-state index contributed by atoms with van der Waals surface area (Å²) in [6.07, 6.45) is 3.15. The molecule has 4 rings (SSSR count). The number of rotatable bonds is 4. The minimum atomic E-state index is -0.679. The molecule has 0 radical (unpaired) electrons. The Morgan fingerprint density at radius 2 is 2.09 bits per heavy atom. The van der Waals surface area contributed by atoms with E-state index in [9.17, 15) is 9.18 Å². The van der Waals surface area contributed by atoms with E-state index < -0.39 is 11.4 Å². The summed E-state index contributed by atoms with van der Waals surface area (Å²) >= 11 is 10.9. The molecule has 178 valence electrons. The van der Waals surface area contributed by atoms with E-state index in [1.165, 1.54) is 11.8 Å². The van der Waals surface area contributed by atoms with Crippen LogP contribution in [0.3, 0.4) is 0 Å². The van der Waals surface area contributed by atoms with Gasteiger partial charge in [-0.3, -0.25) is 4.90 Å². The quantitative estimate of drug-likeness (QED) is 0.202. The Kier molecular flexibility index (Phi) is 6.81. The second-order valence-corrected chi connectivity index (χ2v) is 11.4. The van der Waals surface area contributed by atoms with E-state index in [4.69, 9.17) is 21.3 Å². The average Bonchev–Trinajstić information content (AvgIpc) is 3.05. The number of pyridine rings is 1. The van der Waals surface area contributed by atoms with Crippen LogP contribution in [-0.4, -0.2) is 62.0 Å². The van der Waals surface area contributed by atoms with Crippen LogP contribution in [0.5, 0.6) is 0 Å². The number of carbonyl (C=O) groups excluding carboxylic acids is 1.